The third kappa shape index (κ3) is 3.55. The van der Waals surface area contributed by atoms with E-state index in [0.717, 1.165) is 25.6 Å². The quantitative estimate of drug-likeness (QED) is 0.902. The Labute approximate surface area is 128 Å². The van der Waals surface area contributed by atoms with E-state index in [1.807, 2.05) is 6.20 Å². The molecule has 4 nitrogen and oxygen atoms in total. The summed E-state index contributed by atoms with van der Waals surface area (Å²) in [5.41, 5.74) is 2.39. The maximum Gasteiger partial charge on any atom is 0.0564 e. The molecule has 2 unspecified atom stereocenters. The molecule has 0 saturated carbocycles. The fourth-order valence-corrected chi connectivity index (χ4v) is 3.62. The van der Waals surface area contributed by atoms with Crippen molar-refractivity contribution < 1.29 is 0 Å². The minimum absolute atomic E-state index is 0.633. The van der Waals surface area contributed by atoms with Crippen molar-refractivity contribution in [3.05, 3.63) is 24.0 Å². The van der Waals surface area contributed by atoms with Gasteiger partial charge in [-0.25, -0.2) is 0 Å². The molecule has 2 aliphatic heterocycles. The molecule has 0 spiro atoms. The number of pyridine rings is 1. The van der Waals surface area contributed by atoms with Crippen LogP contribution in [0.2, 0.25) is 0 Å². The van der Waals surface area contributed by atoms with Crippen LogP contribution >= 0.6 is 0 Å². The normalized spacial score (nSPS) is 26.8. The number of fused-ring (bicyclic) bond motifs is 1. The molecule has 0 aliphatic carbocycles. The van der Waals surface area contributed by atoms with Crippen LogP contribution in [0.1, 0.15) is 38.8 Å². The zero-order valence-corrected chi connectivity index (χ0v) is 13.4. The second kappa shape index (κ2) is 6.75. The number of aromatic nitrogens is 1. The molecule has 21 heavy (non-hydrogen) atoms. The second-order valence-corrected chi connectivity index (χ2v) is 6.53. The molecule has 1 aromatic heterocycles. The van der Waals surface area contributed by atoms with Gasteiger partial charge in [0, 0.05) is 50.1 Å². The van der Waals surface area contributed by atoms with Gasteiger partial charge in [-0.3, -0.25) is 14.8 Å². The first-order valence-corrected chi connectivity index (χ1v) is 8.43. The summed E-state index contributed by atoms with van der Waals surface area (Å²) in [6.45, 7) is 10.3. The molecule has 0 bridgehead atoms. The van der Waals surface area contributed by atoms with Crippen LogP contribution in [-0.2, 0) is 6.54 Å². The van der Waals surface area contributed by atoms with Gasteiger partial charge >= 0.3 is 0 Å². The molecule has 116 valence electrons. The highest BCUT2D eigenvalue weighted by Crippen LogP contribution is 2.25. The van der Waals surface area contributed by atoms with Crippen LogP contribution in [0.3, 0.4) is 0 Å². The third-order valence-corrected chi connectivity index (χ3v) is 4.83. The van der Waals surface area contributed by atoms with E-state index in [2.05, 4.69) is 46.1 Å². The summed E-state index contributed by atoms with van der Waals surface area (Å²) < 4.78 is 0. The molecule has 2 fully saturated rings. The van der Waals surface area contributed by atoms with Crippen LogP contribution in [0, 0.1) is 0 Å². The topological polar surface area (TPSA) is 31.4 Å². The molecular formula is C17H28N4. The van der Waals surface area contributed by atoms with Gasteiger partial charge in [-0.1, -0.05) is 6.92 Å². The largest absolute Gasteiger partial charge is 0.385 e. The lowest BCUT2D eigenvalue weighted by Gasteiger charge is -2.42. The average Bonchev–Trinajstić information content (AvgIpc) is 2.93. The zero-order valence-electron chi connectivity index (χ0n) is 13.4. The molecular weight excluding hydrogens is 260 g/mol. The molecule has 0 aromatic carbocycles. The minimum atomic E-state index is 0.633. The van der Waals surface area contributed by atoms with Crippen molar-refractivity contribution in [2.75, 3.05) is 31.5 Å². The van der Waals surface area contributed by atoms with Crippen molar-refractivity contribution in [2.24, 2.45) is 0 Å². The van der Waals surface area contributed by atoms with E-state index in [1.54, 1.807) is 0 Å². The Morgan fingerprint density at radius 2 is 2.29 bits per heavy atom. The van der Waals surface area contributed by atoms with Crippen molar-refractivity contribution in [3.8, 4) is 0 Å². The van der Waals surface area contributed by atoms with E-state index in [9.17, 15) is 0 Å². The van der Waals surface area contributed by atoms with Crippen LogP contribution in [0.4, 0.5) is 5.69 Å². The Hall–Kier alpha value is -1.13. The van der Waals surface area contributed by atoms with E-state index in [4.69, 9.17) is 0 Å². The van der Waals surface area contributed by atoms with Gasteiger partial charge < -0.3 is 5.32 Å². The Bertz CT molecular complexity index is 462. The molecule has 2 saturated heterocycles. The third-order valence-electron chi connectivity index (χ3n) is 4.83. The van der Waals surface area contributed by atoms with Crippen LogP contribution in [0.15, 0.2) is 18.3 Å². The van der Waals surface area contributed by atoms with E-state index in [1.165, 1.54) is 43.9 Å². The van der Waals surface area contributed by atoms with Crippen molar-refractivity contribution in [1.82, 2.24) is 14.8 Å². The molecule has 0 amide bonds. The van der Waals surface area contributed by atoms with Gasteiger partial charge in [0.1, 0.15) is 0 Å². The molecule has 4 heteroatoms. The molecule has 3 rings (SSSR count). The van der Waals surface area contributed by atoms with Crippen LogP contribution in [0.5, 0.6) is 0 Å². The van der Waals surface area contributed by atoms with Gasteiger partial charge in [0.15, 0.2) is 0 Å². The summed E-state index contributed by atoms with van der Waals surface area (Å²) in [4.78, 5) is 9.85. The summed E-state index contributed by atoms with van der Waals surface area (Å²) in [5, 5.41) is 3.45. The number of piperazine rings is 1. The average molecular weight is 288 g/mol. The van der Waals surface area contributed by atoms with E-state index in [0.29, 0.717) is 6.04 Å². The lowest BCUT2D eigenvalue weighted by molar-refractivity contribution is 0.0532. The lowest BCUT2D eigenvalue weighted by Crippen LogP contribution is -2.54. The minimum Gasteiger partial charge on any atom is -0.385 e. The number of anilines is 1. The summed E-state index contributed by atoms with van der Waals surface area (Å²) in [7, 11) is 0. The number of hydrogen-bond donors (Lipinski definition) is 1. The Morgan fingerprint density at radius 3 is 3.14 bits per heavy atom. The number of nitrogens with zero attached hydrogens (tertiary/aromatic N) is 3. The highest BCUT2D eigenvalue weighted by Gasteiger charge is 2.34. The first kappa shape index (κ1) is 14.8. The monoisotopic (exact) mass is 288 g/mol. The van der Waals surface area contributed by atoms with Gasteiger partial charge in [0.05, 0.1) is 5.69 Å². The SMILES string of the molecule is CCCNc1ccnc(CN2CC3CCCN3CC2C)c1. The van der Waals surface area contributed by atoms with E-state index < -0.39 is 0 Å². The number of nitrogens with one attached hydrogen (secondary N) is 1. The molecule has 1 N–H and O–H groups in total. The first-order valence-electron chi connectivity index (χ1n) is 8.43. The summed E-state index contributed by atoms with van der Waals surface area (Å²) in [6.07, 6.45) is 5.83. The number of rotatable bonds is 5. The van der Waals surface area contributed by atoms with Gasteiger partial charge in [0.25, 0.3) is 0 Å². The first-order chi connectivity index (χ1) is 10.3. The van der Waals surface area contributed by atoms with Crippen molar-refractivity contribution in [3.63, 3.8) is 0 Å². The van der Waals surface area contributed by atoms with E-state index >= 15 is 0 Å². The Balaban J connectivity index is 1.62. The Kier molecular flexibility index (Phi) is 4.76. The van der Waals surface area contributed by atoms with Gasteiger partial charge in [0.2, 0.25) is 0 Å². The summed E-state index contributed by atoms with van der Waals surface area (Å²) >= 11 is 0. The van der Waals surface area contributed by atoms with Crippen LogP contribution in [-0.4, -0.2) is 53.0 Å². The van der Waals surface area contributed by atoms with E-state index in [-0.39, 0.29) is 0 Å². The zero-order chi connectivity index (χ0) is 14.7. The summed E-state index contributed by atoms with van der Waals surface area (Å²) in [5.74, 6) is 0. The predicted molar refractivity (Wildman–Crippen MR) is 87.5 cm³/mol. The standard InChI is InChI=1S/C17H28N4/c1-3-7-18-15-6-8-19-16(10-15)12-21-13-17-5-4-9-20(17)11-14(21)2/h6,8,10,14,17H,3-5,7,9,11-13H2,1-2H3,(H,18,19). The predicted octanol–water partition coefficient (Wildman–Crippen LogP) is 2.57. The van der Waals surface area contributed by atoms with Crippen molar-refractivity contribution in [2.45, 2.75) is 51.7 Å². The molecule has 2 aliphatic rings. The lowest BCUT2D eigenvalue weighted by atomic mass is 10.1. The highest BCUT2D eigenvalue weighted by molar-refractivity contribution is 5.43. The highest BCUT2D eigenvalue weighted by atomic mass is 15.3. The fraction of sp³-hybridized carbons (Fsp3) is 0.706. The molecule has 1 aromatic rings. The van der Waals surface area contributed by atoms with Gasteiger partial charge in [-0.15, -0.1) is 0 Å². The number of hydrogen-bond acceptors (Lipinski definition) is 4. The van der Waals surface area contributed by atoms with Gasteiger partial charge in [-0.05, 0) is 44.9 Å². The maximum atomic E-state index is 4.57. The van der Waals surface area contributed by atoms with Crippen molar-refractivity contribution in [1.29, 1.82) is 0 Å². The Morgan fingerprint density at radius 1 is 1.38 bits per heavy atom. The van der Waals surface area contributed by atoms with Crippen LogP contribution in [0.25, 0.3) is 0 Å². The fourth-order valence-electron chi connectivity index (χ4n) is 3.62. The molecule has 2 atom stereocenters. The smallest absolute Gasteiger partial charge is 0.0564 e. The maximum absolute atomic E-state index is 4.57. The molecule has 0 radical (unpaired) electrons. The van der Waals surface area contributed by atoms with Crippen LogP contribution < -0.4 is 5.32 Å². The van der Waals surface area contributed by atoms with Gasteiger partial charge in [-0.2, -0.15) is 0 Å². The second-order valence-electron chi connectivity index (χ2n) is 6.53. The van der Waals surface area contributed by atoms with Crippen molar-refractivity contribution >= 4 is 5.69 Å². The summed E-state index contributed by atoms with van der Waals surface area (Å²) in [6, 6.07) is 5.69. The molecule has 3 heterocycles.